The lowest BCUT2D eigenvalue weighted by Crippen LogP contribution is -2.27. The van der Waals surface area contributed by atoms with Gasteiger partial charge in [-0.1, -0.05) is 31.6 Å². The van der Waals surface area contributed by atoms with Gasteiger partial charge in [0, 0.05) is 29.2 Å². The van der Waals surface area contributed by atoms with Crippen LogP contribution in [0.5, 0.6) is 0 Å². The van der Waals surface area contributed by atoms with E-state index in [1.54, 1.807) is 11.8 Å². The largest absolute Gasteiger partial charge is 0.389 e. The average Bonchev–Trinajstić information content (AvgIpc) is 2.71. The van der Waals surface area contributed by atoms with Crippen LogP contribution in [0.1, 0.15) is 38.2 Å². The van der Waals surface area contributed by atoms with Crippen molar-refractivity contribution < 1.29 is 0 Å². The molecule has 0 spiro atoms. The molecular formula is C16H24N2S2. The van der Waals surface area contributed by atoms with E-state index in [1.807, 2.05) is 0 Å². The van der Waals surface area contributed by atoms with E-state index in [-0.39, 0.29) is 0 Å². The highest BCUT2D eigenvalue weighted by Crippen LogP contribution is 2.32. The number of benzene rings is 1. The summed E-state index contributed by atoms with van der Waals surface area (Å²) in [5.74, 6) is 0.872. The summed E-state index contributed by atoms with van der Waals surface area (Å²) in [6.45, 7) is 4.53. The molecule has 0 saturated carbocycles. The second-order valence-corrected chi connectivity index (χ2v) is 6.70. The Morgan fingerprint density at radius 2 is 2.20 bits per heavy atom. The van der Waals surface area contributed by atoms with Crippen molar-refractivity contribution >= 4 is 34.7 Å². The molecule has 1 atom stereocenters. The zero-order chi connectivity index (χ0) is 14.5. The van der Waals surface area contributed by atoms with Gasteiger partial charge in [-0.3, -0.25) is 0 Å². The molecule has 0 bridgehead atoms. The fourth-order valence-corrected chi connectivity index (χ4v) is 3.93. The van der Waals surface area contributed by atoms with Crippen molar-refractivity contribution in [2.45, 2.75) is 37.5 Å². The van der Waals surface area contributed by atoms with Gasteiger partial charge in [-0.2, -0.15) is 0 Å². The van der Waals surface area contributed by atoms with Gasteiger partial charge in [-0.15, -0.1) is 11.8 Å². The number of thioether (sulfide) groups is 1. The van der Waals surface area contributed by atoms with Gasteiger partial charge < -0.3 is 10.6 Å². The number of hydrogen-bond donors (Lipinski definition) is 1. The molecule has 2 N–H and O–H groups in total. The first-order valence-electron chi connectivity index (χ1n) is 7.39. The molecule has 1 fully saturated rings. The summed E-state index contributed by atoms with van der Waals surface area (Å²) in [6.07, 6.45) is 7.25. The summed E-state index contributed by atoms with van der Waals surface area (Å²) >= 11 is 7.01. The van der Waals surface area contributed by atoms with Crippen molar-refractivity contribution in [3.05, 3.63) is 23.8 Å². The maximum atomic E-state index is 5.98. The highest BCUT2D eigenvalue weighted by molar-refractivity contribution is 7.98. The van der Waals surface area contributed by atoms with Crippen molar-refractivity contribution in [2.24, 2.45) is 11.7 Å². The summed E-state index contributed by atoms with van der Waals surface area (Å²) in [6, 6.07) is 6.39. The van der Waals surface area contributed by atoms with Crippen LogP contribution in [-0.2, 0) is 0 Å². The summed E-state index contributed by atoms with van der Waals surface area (Å²) in [5, 5.41) is 0. The van der Waals surface area contributed by atoms with E-state index < -0.39 is 0 Å². The third kappa shape index (κ3) is 3.47. The molecule has 1 aliphatic rings. The smallest absolute Gasteiger partial charge is 0.107 e. The first-order valence-corrected chi connectivity index (χ1v) is 9.02. The third-order valence-corrected chi connectivity index (χ3v) is 5.22. The predicted octanol–water partition coefficient (Wildman–Crippen LogP) is 4.06. The van der Waals surface area contributed by atoms with E-state index in [1.165, 1.54) is 36.3 Å². The topological polar surface area (TPSA) is 29.3 Å². The molecule has 1 heterocycles. The quantitative estimate of drug-likeness (QED) is 0.671. The van der Waals surface area contributed by atoms with Crippen LogP contribution in [0.2, 0.25) is 0 Å². The van der Waals surface area contributed by atoms with Crippen LogP contribution in [-0.4, -0.2) is 24.3 Å². The van der Waals surface area contributed by atoms with E-state index in [4.69, 9.17) is 18.0 Å². The zero-order valence-corrected chi connectivity index (χ0v) is 14.0. The van der Waals surface area contributed by atoms with E-state index in [0.29, 0.717) is 4.99 Å². The molecule has 110 valence electrons. The summed E-state index contributed by atoms with van der Waals surface area (Å²) in [7, 11) is 0. The molecule has 2 rings (SSSR count). The Labute approximate surface area is 132 Å². The number of nitrogens with zero attached hydrogens (tertiary/aromatic N) is 1. The molecular weight excluding hydrogens is 284 g/mol. The van der Waals surface area contributed by atoms with Crippen LogP contribution < -0.4 is 10.6 Å². The number of thiocarbonyl (C=S) groups is 1. The first kappa shape index (κ1) is 15.6. The fourth-order valence-electron chi connectivity index (χ4n) is 3.02. The Balaban J connectivity index is 2.30. The summed E-state index contributed by atoms with van der Waals surface area (Å²) < 4.78 is 0. The van der Waals surface area contributed by atoms with E-state index in [0.717, 1.165) is 24.6 Å². The minimum atomic E-state index is 0.515. The lowest BCUT2D eigenvalue weighted by molar-refractivity contribution is 0.459. The van der Waals surface area contributed by atoms with E-state index in [9.17, 15) is 0 Å². The van der Waals surface area contributed by atoms with Crippen LogP contribution in [0.25, 0.3) is 0 Å². The standard InChI is InChI=1S/C16H24N2S2/c1-3-12-6-5-10-18(11-9-12)13-7-4-8-14(20-2)15(13)16(17)19/h4,7-8,12H,3,5-6,9-11H2,1-2H3,(H2,17,19). The van der Waals surface area contributed by atoms with Crippen LogP contribution >= 0.6 is 24.0 Å². The monoisotopic (exact) mass is 308 g/mol. The van der Waals surface area contributed by atoms with Crippen LogP contribution in [0.3, 0.4) is 0 Å². The molecule has 0 aliphatic carbocycles. The number of rotatable bonds is 4. The van der Waals surface area contributed by atoms with Gasteiger partial charge in [0.05, 0.1) is 0 Å². The molecule has 1 aromatic carbocycles. The highest BCUT2D eigenvalue weighted by atomic mass is 32.2. The van der Waals surface area contributed by atoms with Gasteiger partial charge in [0.2, 0.25) is 0 Å². The fraction of sp³-hybridized carbons (Fsp3) is 0.562. The number of nitrogens with two attached hydrogens (primary N) is 1. The minimum Gasteiger partial charge on any atom is -0.389 e. The third-order valence-electron chi connectivity index (χ3n) is 4.24. The molecule has 1 aromatic rings. The lowest BCUT2D eigenvalue weighted by atomic mass is 9.98. The lowest BCUT2D eigenvalue weighted by Gasteiger charge is -2.26. The van der Waals surface area contributed by atoms with Gasteiger partial charge in [0.1, 0.15) is 4.99 Å². The van der Waals surface area contributed by atoms with Crippen LogP contribution in [0, 0.1) is 5.92 Å². The molecule has 1 aliphatic heterocycles. The molecule has 4 heteroatoms. The van der Waals surface area contributed by atoms with Crippen molar-refractivity contribution in [2.75, 3.05) is 24.2 Å². The van der Waals surface area contributed by atoms with E-state index >= 15 is 0 Å². The van der Waals surface area contributed by atoms with Gasteiger partial charge in [0.25, 0.3) is 0 Å². The Morgan fingerprint density at radius 3 is 2.85 bits per heavy atom. The van der Waals surface area contributed by atoms with Crippen LogP contribution in [0.4, 0.5) is 5.69 Å². The first-order chi connectivity index (χ1) is 9.67. The molecule has 0 radical (unpaired) electrons. The second-order valence-electron chi connectivity index (χ2n) is 5.41. The molecule has 2 nitrogen and oxygen atoms in total. The molecule has 20 heavy (non-hydrogen) atoms. The molecule has 1 saturated heterocycles. The van der Waals surface area contributed by atoms with Gasteiger partial charge in [-0.05, 0) is 43.6 Å². The highest BCUT2D eigenvalue weighted by Gasteiger charge is 2.20. The molecule has 0 amide bonds. The van der Waals surface area contributed by atoms with Gasteiger partial charge in [0.15, 0.2) is 0 Å². The number of anilines is 1. The number of hydrogen-bond acceptors (Lipinski definition) is 3. The van der Waals surface area contributed by atoms with Crippen molar-refractivity contribution in [1.82, 2.24) is 0 Å². The van der Waals surface area contributed by atoms with Crippen molar-refractivity contribution in [3.8, 4) is 0 Å². The molecule has 0 aromatic heterocycles. The Morgan fingerprint density at radius 1 is 1.40 bits per heavy atom. The Kier molecular flexibility index (Phi) is 5.73. The normalized spacial score (nSPS) is 19.7. The second kappa shape index (κ2) is 7.32. The minimum absolute atomic E-state index is 0.515. The van der Waals surface area contributed by atoms with Gasteiger partial charge in [-0.25, -0.2) is 0 Å². The average molecular weight is 309 g/mol. The van der Waals surface area contributed by atoms with Crippen molar-refractivity contribution in [3.63, 3.8) is 0 Å². The molecule has 1 unspecified atom stereocenters. The SMILES string of the molecule is CCC1CCCN(c2cccc(SC)c2C(N)=S)CC1. The summed E-state index contributed by atoms with van der Waals surface area (Å²) in [4.78, 5) is 4.18. The zero-order valence-electron chi connectivity index (χ0n) is 12.4. The maximum absolute atomic E-state index is 5.98. The van der Waals surface area contributed by atoms with Crippen molar-refractivity contribution in [1.29, 1.82) is 0 Å². The Bertz CT molecular complexity index is 474. The van der Waals surface area contributed by atoms with Gasteiger partial charge >= 0.3 is 0 Å². The van der Waals surface area contributed by atoms with E-state index in [2.05, 4.69) is 36.3 Å². The predicted molar refractivity (Wildman–Crippen MR) is 94.0 cm³/mol. The maximum Gasteiger partial charge on any atom is 0.107 e. The Hall–Kier alpha value is -0.740. The summed E-state index contributed by atoms with van der Waals surface area (Å²) in [5.41, 5.74) is 8.26. The van der Waals surface area contributed by atoms with Crippen LogP contribution in [0.15, 0.2) is 23.1 Å².